The Morgan fingerprint density at radius 1 is 1.14 bits per heavy atom. The van der Waals surface area contributed by atoms with Crippen molar-refractivity contribution in [1.29, 1.82) is 0 Å². The zero-order chi connectivity index (χ0) is 24.7. The molecular formula is C26H28N4O4S. The van der Waals surface area contributed by atoms with Crippen LogP contribution in [0.3, 0.4) is 0 Å². The molecule has 0 radical (unpaired) electrons. The van der Waals surface area contributed by atoms with Crippen molar-refractivity contribution in [1.82, 2.24) is 4.31 Å². The van der Waals surface area contributed by atoms with Gasteiger partial charge in [0.25, 0.3) is 15.2 Å². The van der Waals surface area contributed by atoms with Crippen LogP contribution >= 0.6 is 0 Å². The second-order valence-electron chi connectivity index (χ2n) is 9.06. The zero-order valence-corrected chi connectivity index (χ0v) is 20.7. The molecule has 4 atom stereocenters. The van der Waals surface area contributed by atoms with Gasteiger partial charge in [-0.2, -0.15) is 4.31 Å². The summed E-state index contributed by atoms with van der Waals surface area (Å²) in [6.07, 6.45) is 2.19. The molecule has 1 saturated heterocycles. The number of sulfonamides is 1. The minimum Gasteiger partial charge on any atom is -0.497 e. The van der Waals surface area contributed by atoms with Gasteiger partial charge in [0.05, 0.1) is 31.8 Å². The van der Waals surface area contributed by atoms with Crippen molar-refractivity contribution in [3.05, 3.63) is 59.2 Å². The quantitative estimate of drug-likeness (QED) is 0.664. The van der Waals surface area contributed by atoms with Crippen LogP contribution in [0.5, 0.6) is 5.75 Å². The van der Waals surface area contributed by atoms with Crippen LogP contribution in [0.1, 0.15) is 36.1 Å². The van der Waals surface area contributed by atoms with Crippen LogP contribution in [0.2, 0.25) is 0 Å². The molecule has 9 heteroatoms. The predicted molar refractivity (Wildman–Crippen MR) is 137 cm³/mol. The second-order valence-corrected chi connectivity index (χ2v) is 10.8. The summed E-state index contributed by atoms with van der Waals surface area (Å²) in [6.45, 7) is 2.10. The number of likely N-dealkylation sites (N-methyl/N-ethyl adjacent to an activating group) is 1. The standard InChI is InChI=1S/C26H28N4O4S/c1-17-15-27-26(28-17)35(32,33)30-13-12-21-24(16-31)29(2)23-11-8-19(14-22(23)25(21)30)5-4-18-6-9-20(34-3)10-7-18/h6-11,14-15,17,21,24-25,31H,12-13,16H2,1-3H3/t17?,21-,24-,25-/m0/s1. The summed E-state index contributed by atoms with van der Waals surface area (Å²) in [4.78, 5) is 10.4. The third-order valence-electron chi connectivity index (χ3n) is 7.00. The molecule has 1 fully saturated rings. The first-order chi connectivity index (χ1) is 16.8. The van der Waals surface area contributed by atoms with Crippen molar-refractivity contribution in [3.8, 4) is 17.6 Å². The summed E-state index contributed by atoms with van der Waals surface area (Å²) in [5.41, 5.74) is 3.44. The summed E-state index contributed by atoms with van der Waals surface area (Å²) in [5.74, 6) is 7.09. The van der Waals surface area contributed by atoms with Gasteiger partial charge in [-0.15, -0.1) is 0 Å². The summed E-state index contributed by atoms with van der Waals surface area (Å²) in [6, 6.07) is 12.5. The molecule has 35 heavy (non-hydrogen) atoms. The number of hydrogen-bond acceptors (Lipinski definition) is 7. The highest BCUT2D eigenvalue weighted by molar-refractivity contribution is 8.04. The van der Waals surface area contributed by atoms with E-state index in [0.29, 0.717) is 13.0 Å². The van der Waals surface area contributed by atoms with Crippen LogP contribution in [0.25, 0.3) is 0 Å². The summed E-state index contributed by atoms with van der Waals surface area (Å²) < 4.78 is 33.8. The average Bonchev–Trinajstić information content (AvgIpc) is 3.51. The van der Waals surface area contributed by atoms with Crippen LogP contribution in [0.4, 0.5) is 5.69 Å². The Balaban J connectivity index is 1.55. The maximum atomic E-state index is 13.5. The second kappa shape index (κ2) is 9.11. The molecule has 182 valence electrons. The lowest BCUT2D eigenvalue weighted by Crippen LogP contribution is -2.48. The number of amidine groups is 1. The lowest BCUT2D eigenvalue weighted by molar-refractivity contribution is 0.193. The first-order valence-electron chi connectivity index (χ1n) is 11.6. The van der Waals surface area contributed by atoms with E-state index in [-0.39, 0.29) is 29.8 Å². The molecule has 3 aliphatic rings. The number of benzene rings is 2. The minimum absolute atomic E-state index is 0.0551. The molecule has 0 saturated carbocycles. The number of anilines is 1. The van der Waals surface area contributed by atoms with Crippen molar-refractivity contribution in [2.75, 3.05) is 32.2 Å². The number of nitrogens with zero attached hydrogens (tertiary/aromatic N) is 4. The molecule has 1 N–H and O–H groups in total. The number of rotatable bonds is 3. The minimum atomic E-state index is -3.87. The predicted octanol–water partition coefficient (Wildman–Crippen LogP) is 2.43. The van der Waals surface area contributed by atoms with E-state index in [1.54, 1.807) is 20.2 Å². The van der Waals surface area contributed by atoms with Crippen molar-refractivity contribution in [2.45, 2.75) is 31.5 Å². The highest BCUT2D eigenvalue weighted by Crippen LogP contribution is 2.50. The van der Waals surface area contributed by atoms with Crippen molar-refractivity contribution < 1.29 is 18.3 Å². The van der Waals surface area contributed by atoms with Crippen LogP contribution in [0, 0.1) is 17.8 Å². The van der Waals surface area contributed by atoms with Gasteiger partial charge in [0.15, 0.2) is 0 Å². The SMILES string of the molecule is COc1ccc(C#Cc2ccc3c(c2)[C@@H]2[C@@H](CCN2S(=O)(=O)C2=NC(C)C=N2)[C@H](CO)N3C)cc1. The highest BCUT2D eigenvalue weighted by Gasteiger charge is 2.51. The molecule has 2 aromatic rings. The Labute approximate surface area is 206 Å². The summed E-state index contributed by atoms with van der Waals surface area (Å²) in [7, 11) is -0.300. The maximum Gasteiger partial charge on any atom is 0.278 e. The summed E-state index contributed by atoms with van der Waals surface area (Å²) in [5, 5.41) is 10.0. The number of aliphatic imine (C=N–C) groups is 2. The van der Waals surface area contributed by atoms with Gasteiger partial charge in [0.1, 0.15) is 5.75 Å². The topological polar surface area (TPSA) is 94.8 Å². The molecule has 2 aromatic carbocycles. The Morgan fingerprint density at radius 2 is 1.86 bits per heavy atom. The maximum absolute atomic E-state index is 13.5. The highest BCUT2D eigenvalue weighted by atomic mass is 32.2. The van der Waals surface area contributed by atoms with Gasteiger partial charge in [-0.05, 0) is 61.4 Å². The van der Waals surface area contributed by atoms with Gasteiger partial charge in [0.2, 0.25) is 0 Å². The number of aliphatic hydroxyl groups is 1. The average molecular weight is 493 g/mol. The first kappa shape index (κ1) is 23.5. The number of methoxy groups -OCH3 is 1. The van der Waals surface area contributed by atoms with E-state index < -0.39 is 16.1 Å². The van der Waals surface area contributed by atoms with Crippen LogP contribution in [0.15, 0.2) is 52.4 Å². The zero-order valence-electron chi connectivity index (χ0n) is 19.9. The molecule has 0 aliphatic carbocycles. The normalized spacial score (nSPS) is 25.5. The Hall–Kier alpha value is -3.19. The van der Waals surface area contributed by atoms with Gasteiger partial charge < -0.3 is 14.7 Å². The lowest BCUT2D eigenvalue weighted by atomic mass is 9.82. The van der Waals surface area contributed by atoms with E-state index in [9.17, 15) is 13.5 Å². The third kappa shape index (κ3) is 4.12. The van der Waals surface area contributed by atoms with Crippen LogP contribution in [-0.4, -0.2) is 68.6 Å². The Kier molecular flexibility index (Phi) is 6.13. The fourth-order valence-corrected chi connectivity index (χ4v) is 6.85. The molecule has 0 bridgehead atoms. The molecule has 1 unspecified atom stereocenters. The Morgan fingerprint density at radius 3 is 2.51 bits per heavy atom. The molecule has 3 heterocycles. The number of ether oxygens (including phenoxy) is 1. The van der Waals surface area contributed by atoms with Crippen LogP contribution in [-0.2, 0) is 10.0 Å². The smallest absolute Gasteiger partial charge is 0.278 e. The van der Waals surface area contributed by atoms with E-state index in [0.717, 1.165) is 28.1 Å². The number of aliphatic hydroxyl groups excluding tert-OH is 1. The number of fused-ring (bicyclic) bond motifs is 3. The van der Waals surface area contributed by atoms with Crippen molar-refractivity contribution in [3.63, 3.8) is 0 Å². The van der Waals surface area contributed by atoms with E-state index >= 15 is 0 Å². The van der Waals surface area contributed by atoms with Crippen LogP contribution < -0.4 is 9.64 Å². The van der Waals surface area contributed by atoms with Gasteiger partial charge >= 0.3 is 0 Å². The molecule has 0 spiro atoms. The fourth-order valence-electron chi connectivity index (χ4n) is 5.23. The van der Waals surface area contributed by atoms with Gasteiger partial charge in [-0.1, -0.05) is 11.8 Å². The monoisotopic (exact) mass is 492 g/mol. The lowest BCUT2D eigenvalue weighted by Gasteiger charge is -2.44. The molecule has 8 nitrogen and oxygen atoms in total. The molecule has 0 aromatic heterocycles. The van der Waals surface area contributed by atoms with E-state index in [2.05, 4.69) is 26.7 Å². The van der Waals surface area contributed by atoms with Gasteiger partial charge in [0, 0.05) is 42.5 Å². The number of hydrogen-bond donors (Lipinski definition) is 1. The summed E-state index contributed by atoms with van der Waals surface area (Å²) >= 11 is 0. The van der Waals surface area contributed by atoms with Crippen molar-refractivity contribution >= 4 is 27.1 Å². The third-order valence-corrected chi connectivity index (χ3v) is 8.70. The first-order valence-corrected chi connectivity index (χ1v) is 13.0. The largest absolute Gasteiger partial charge is 0.497 e. The Bertz CT molecular complexity index is 1360. The van der Waals surface area contributed by atoms with Gasteiger partial charge in [-0.25, -0.2) is 18.4 Å². The van der Waals surface area contributed by atoms with E-state index in [1.807, 2.05) is 49.5 Å². The molecule has 0 amide bonds. The van der Waals surface area contributed by atoms with E-state index in [1.165, 1.54) is 4.31 Å². The van der Waals surface area contributed by atoms with E-state index in [4.69, 9.17) is 4.74 Å². The van der Waals surface area contributed by atoms with Crippen molar-refractivity contribution in [2.24, 2.45) is 15.9 Å². The molecule has 5 rings (SSSR count). The fraction of sp³-hybridized carbons (Fsp3) is 0.385. The molecular weight excluding hydrogens is 464 g/mol. The van der Waals surface area contributed by atoms with Gasteiger partial charge in [-0.3, -0.25) is 0 Å². The molecule has 3 aliphatic heterocycles.